The zero-order valence-electron chi connectivity index (χ0n) is 50.6. The molecular formula is C55H95N17O14. The molecule has 484 valence electrons. The lowest BCUT2D eigenvalue weighted by Gasteiger charge is -2.29. The lowest BCUT2D eigenvalue weighted by molar-refractivity contribution is -0.143. The van der Waals surface area contributed by atoms with Crippen molar-refractivity contribution in [2.75, 3.05) is 26.2 Å². The zero-order valence-corrected chi connectivity index (χ0v) is 50.6. The van der Waals surface area contributed by atoms with Gasteiger partial charge in [0.25, 0.3) is 0 Å². The van der Waals surface area contributed by atoms with Crippen molar-refractivity contribution in [1.82, 2.24) is 47.9 Å². The molecule has 0 fully saturated rings. The summed E-state index contributed by atoms with van der Waals surface area (Å²) in [6, 6.07) is -6.55. The summed E-state index contributed by atoms with van der Waals surface area (Å²) in [6.45, 7) is 12.5. The number of guanidine groups is 2. The maximum absolute atomic E-state index is 14.5. The van der Waals surface area contributed by atoms with Gasteiger partial charge in [-0.3, -0.25) is 57.9 Å². The first-order valence-electron chi connectivity index (χ1n) is 28.7. The Hall–Kier alpha value is -8.35. The van der Waals surface area contributed by atoms with Crippen molar-refractivity contribution in [2.45, 2.75) is 180 Å². The van der Waals surface area contributed by atoms with Crippen LogP contribution in [0.5, 0.6) is 5.75 Å². The Morgan fingerprint density at radius 2 is 0.919 bits per heavy atom. The third kappa shape index (κ3) is 30.5. The first-order chi connectivity index (χ1) is 40.3. The molecule has 0 aromatic heterocycles. The number of hydrogen-bond acceptors (Lipinski definition) is 16. The number of aromatic hydroxyl groups is 1. The molecule has 0 saturated heterocycles. The van der Waals surface area contributed by atoms with Crippen LogP contribution in [0.4, 0.5) is 0 Å². The van der Waals surface area contributed by atoms with E-state index in [0.717, 1.165) is 0 Å². The largest absolute Gasteiger partial charge is 0.508 e. The normalized spacial score (nSPS) is 14.6. The Balaban J connectivity index is 3.54. The Labute approximate surface area is 501 Å². The molecule has 0 aliphatic heterocycles. The summed E-state index contributed by atoms with van der Waals surface area (Å²) in [4.78, 5) is 156. The van der Waals surface area contributed by atoms with Gasteiger partial charge in [0.1, 0.15) is 60.1 Å². The fraction of sp³-hybridized carbons (Fsp3) is 0.655. The molecule has 0 heterocycles. The minimum absolute atomic E-state index is 0.00248. The van der Waals surface area contributed by atoms with Gasteiger partial charge in [-0.15, -0.1) is 0 Å². The molecule has 31 heteroatoms. The number of benzene rings is 1. The molecule has 0 radical (unpaired) electrons. The fourth-order valence-corrected chi connectivity index (χ4v) is 8.48. The molecule has 0 aliphatic carbocycles. The van der Waals surface area contributed by atoms with Crippen LogP contribution in [0.2, 0.25) is 0 Å². The highest BCUT2D eigenvalue weighted by Crippen LogP contribution is 2.16. The van der Waals surface area contributed by atoms with E-state index in [4.69, 9.17) is 34.4 Å². The number of rotatable bonds is 41. The number of carbonyl (C=O) groups excluding carboxylic acids is 10. The van der Waals surface area contributed by atoms with E-state index in [1.807, 2.05) is 0 Å². The van der Waals surface area contributed by atoms with Crippen LogP contribution in [0.15, 0.2) is 34.3 Å². The van der Waals surface area contributed by atoms with E-state index in [1.54, 1.807) is 55.4 Å². The van der Waals surface area contributed by atoms with Gasteiger partial charge in [-0.2, -0.15) is 0 Å². The van der Waals surface area contributed by atoms with Gasteiger partial charge in [-0.05, 0) is 92.7 Å². The van der Waals surface area contributed by atoms with Gasteiger partial charge in [0.2, 0.25) is 59.1 Å². The van der Waals surface area contributed by atoms with E-state index in [9.17, 15) is 68.1 Å². The molecule has 0 aliphatic rings. The van der Waals surface area contributed by atoms with Gasteiger partial charge in [0, 0.05) is 25.9 Å². The topological polar surface area (TPSA) is 538 Å². The average molecular weight is 1220 g/mol. The average Bonchev–Trinajstić information content (AvgIpc) is 2.89. The highest BCUT2D eigenvalue weighted by Gasteiger charge is 2.36. The second-order valence-electron chi connectivity index (χ2n) is 22.4. The van der Waals surface area contributed by atoms with Crippen molar-refractivity contribution in [3.05, 3.63) is 29.8 Å². The number of aliphatic imine (C=N–C) groups is 2. The van der Waals surface area contributed by atoms with Crippen molar-refractivity contribution in [1.29, 1.82) is 0 Å². The lowest BCUT2D eigenvalue weighted by Crippen LogP contribution is -2.61. The second kappa shape index (κ2) is 39.3. The number of aliphatic hydroxyl groups is 1. The first-order valence-corrected chi connectivity index (χ1v) is 28.7. The van der Waals surface area contributed by atoms with Crippen molar-refractivity contribution >= 4 is 77.0 Å². The van der Waals surface area contributed by atoms with Gasteiger partial charge in [-0.1, -0.05) is 73.9 Å². The lowest BCUT2D eigenvalue weighted by atomic mass is 9.96. The summed E-state index contributed by atoms with van der Waals surface area (Å²) in [5.41, 5.74) is 33.7. The Morgan fingerprint density at radius 1 is 0.512 bits per heavy atom. The maximum atomic E-state index is 14.5. The number of carboxylic acids is 1. The van der Waals surface area contributed by atoms with Crippen LogP contribution in [0.25, 0.3) is 0 Å². The second-order valence-corrected chi connectivity index (χ2v) is 22.4. The predicted octanol–water partition coefficient (Wildman–Crippen LogP) is -4.11. The first kappa shape index (κ1) is 75.7. The molecule has 1 rings (SSSR count). The van der Waals surface area contributed by atoms with Crippen LogP contribution in [0.1, 0.15) is 125 Å². The number of nitrogens with one attached hydrogen (secondary N) is 9. The van der Waals surface area contributed by atoms with Crippen molar-refractivity contribution in [3.8, 4) is 5.75 Å². The number of phenols is 1. The quantitative estimate of drug-likeness (QED) is 0.0168. The van der Waals surface area contributed by atoms with Gasteiger partial charge in [0.05, 0.1) is 13.2 Å². The number of nitrogens with two attached hydrogens (primary N) is 6. The molecule has 0 unspecified atom stereocenters. The van der Waals surface area contributed by atoms with Gasteiger partial charge < -0.3 is 97.6 Å². The monoisotopic (exact) mass is 1220 g/mol. The smallest absolute Gasteiger partial charge is 0.326 e. The number of phenolic OH excluding ortho intramolecular Hbond substituents is 1. The Morgan fingerprint density at radius 3 is 1.37 bits per heavy atom. The third-order valence-electron chi connectivity index (χ3n) is 13.2. The van der Waals surface area contributed by atoms with E-state index in [1.165, 1.54) is 24.3 Å². The van der Waals surface area contributed by atoms with Gasteiger partial charge in [0.15, 0.2) is 11.9 Å². The molecule has 0 spiro atoms. The van der Waals surface area contributed by atoms with Crippen LogP contribution in [-0.4, -0.2) is 173 Å². The van der Waals surface area contributed by atoms with E-state index in [2.05, 4.69) is 57.8 Å². The van der Waals surface area contributed by atoms with Gasteiger partial charge >= 0.3 is 5.97 Å². The summed E-state index contributed by atoms with van der Waals surface area (Å²) < 4.78 is 0. The number of aliphatic hydroxyl groups excluding tert-OH is 1. The fourth-order valence-electron chi connectivity index (χ4n) is 8.48. The van der Waals surface area contributed by atoms with E-state index < -0.39 is 138 Å². The highest BCUT2D eigenvalue weighted by molar-refractivity contribution is 5.98. The van der Waals surface area contributed by atoms with Crippen molar-refractivity contribution in [2.24, 2.45) is 68.1 Å². The molecule has 10 atom stereocenters. The van der Waals surface area contributed by atoms with Crippen molar-refractivity contribution in [3.63, 3.8) is 0 Å². The Bertz CT molecular complexity index is 2470. The van der Waals surface area contributed by atoms with E-state index in [0.29, 0.717) is 12.0 Å². The SMILES string of the molecule is CC[C@H](C)[C@H](NC(=O)[C@H](CCCN=C(N)N)NC(=O)[C@H](CCCN=C(N)N)NC(=O)[C@H](Cc1ccc(O)cc1)NC(=O)[C@@H](N)CO)C(=O)N[C@@H](CC(C)C)C(=O)NCC(=O)N[C@@H](CCC(N)=O)C(=O)N[C@@H](CC(C)C)C(=O)N[C@@H](CC(C)C)C(=O)O. The standard InChI is InChI=1S/C55H95N17O14/c1-9-31(8)44(52(84)70-38(22-28(2)3)46(78)64-26-43(76)65-37(18-19-42(57)75)48(80)69-39(23-29(4)5)50(82)71-41(53(85)86)24-30(6)7)72-49(81)36(13-11-21-63-55(60)61)66-47(79)35(12-10-20-62-54(58)59)67-51(83)40(68-45(77)34(56)27-73)25-32-14-16-33(74)17-15-32/h14-17,28-31,34-41,44,73-74H,9-13,18-27,56H2,1-8H3,(H2,57,75)(H,64,78)(H,65,76)(H,66,79)(H,67,83)(H,68,77)(H,69,80)(H,70,84)(H,71,82)(H,72,81)(H,85,86)(H4,58,59,62)(H4,60,61,63)/t31-,34-,35-,36-,37-,38-,39-,40-,41-,44-/m0/s1. The predicted molar refractivity (Wildman–Crippen MR) is 319 cm³/mol. The van der Waals surface area contributed by atoms with Crippen molar-refractivity contribution < 1.29 is 68.1 Å². The summed E-state index contributed by atoms with van der Waals surface area (Å²) in [6.07, 6.45) is -0.364. The van der Waals surface area contributed by atoms with Crippen LogP contribution < -0.4 is 82.3 Å². The third-order valence-corrected chi connectivity index (χ3v) is 13.2. The number of carboxylic acid groups (broad SMARTS) is 1. The number of primary amides is 1. The van der Waals surface area contributed by atoms with Crippen LogP contribution in [-0.2, 0) is 59.2 Å². The highest BCUT2D eigenvalue weighted by atomic mass is 16.4. The molecule has 24 N–H and O–H groups in total. The molecule has 0 saturated carbocycles. The Kier molecular flexibility index (Phi) is 34.6. The number of nitrogens with zero attached hydrogens (tertiary/aromatic N) is 2. The molecule has 10 amide bonds. The summed E-state index contributed by atoms with van der Waals surface area (Å²) in [5, 5.41) is 52.2. The summed E-state index contributed by atoms with van der Waals surface area (Å²) in [7, 11) is 0. The molecule has 86 heavy (non-hydrogen) atoms. The minimum atomic E-state index is -1.46. The summed E-state index contributed by atoms with van der Waals surface area (Å²) >= 11 is 0. The number of hydrogen-bond donors (Lipinski definition) is 18. The number of amides is 10. The minimum Gasteiger partial charge on any atom is -0.508 e. The van der Waals surface area contributed by atoms with Crippen LogP contribution in [0.3, 0.4) is 0 Å². The maximum Gasteiger partial charge on any atom is 0.326 e. The molecule has 1 aromatic carbocycles. The summed E-state index contributed by atoms with van der Waals surface area (Å²) in [5.74, 6) is -11.5. The van der Waals surface area contributed by atoms with E-state index >= 15 is 0 Å². The number of aliphatic carboxylic acids is 1. The molecule has 1 aromatic rings. The zero-order chi connectivity index (χ0) is 65.4. The van der Waals surface area contributed by atoms with Gasteiger partial charge in [-0.25, -0.2) is 4.79 Å². The molecular weight excluding hydrogens is 1120 g/mol. The van der Waals surface area contributed by atoms with Crippen LogP contribution >= 0.6 is 0 Å². The number of carbonyl (C=O) groups is 11. The molecule has 0 bridgehead atoms. The van der Waals surface area contributed by atoms with E-state index in [-0.39, 0.29) is 113 Å². The molecule has 31 nitrogen and oxygen atoms in total. The van der Waals surface area contributed by atoms with Crippen LogP contribution in [0, 0.1) is 23.7 Å².